The van der Waals surface area contributed by atoms with E-state index in [0.717, 1.165) is 36.8 Å². The van der Waals surface area contributed by atoms with E-state index in [-0.39, 0.29) is 3.91 Å². The summed E-state index contributed by atoms with van der Waals surface area (Å²) in [5.41, 5.74) is 0. The van der Waals surface area contributed by atoms with Gasteiger partial charge in [0, 0.05) is 67.9 Å². The van der Waals surface area contributed by atoms with Crippen LogP contribution in [0.4, 0.5) is 4.79 Å². The minimum Gasteiger partial charge on any atom is -0.332 e. The monoisotopic (exact) mass is 463 g/mol. The average Bonchev–Trinajstić information content (AvgIpc) is 2.39. The Morgan fingerprint density at radius 2 is 1.65 bits per heavy atom. The summed E-state index contributed by atoms with van der Waals surface area (Å²) in [5.74, 6) is 0. The van der Waals surface area contributed by atoms with E-state index >= 15 is 0 Å². The van der Waals surface area contributed by atoms with Crippen molar-refractivity contribution in [3.05, 3.63) is 0 Å². The van der Waals surface area contributed by atoms with Crippen LogP contribution in [0.2, 0.25) is 0 Å². The molecule has 6 heteroatoms. The molecule has 0 aromatic heterocycles. The van der Waals surface area contributed by atoms with Crippen molar-refractivity contribution in [1.29, 1.82) is 0 Å². The van der Waals surface area contributed by atoms with Crippen LogP contribution in [0.5, 0.6) is 0 Å². The van der Waals surface area contributed by atoms with Crippen LogP contribution < -0.4 is 0 Å². The van der Waals surface area contributed by atoms with Gasteiger partial charge in [0.2, 0.25) is 0 Å². The highest BCUT2D eigenvalue weighted by Gasteiger charge is 2.27. The van der Waals surface area contributed by atoms with Crippen LogP contribution in [0.3, 0.4) is 0 Å². The summed E-state index contributed by atoms with van der Waals surface area (Å²) >= 11 is 4.34. The van der Waals surface area contributed by atoms with Gasteiger partial charge in [0.1, 0.15) is 0 Å². The van der Waals surface area contributed by atoms with E-state index in [0.29, 0.717) is 0 Å². The molecule has 17 heavy (non-hydrogen) atoms. The number of carbonyl (C=O) groups excluding carboxylic acids is 1. The van der Waals surface area contributed by atoms with Crippen molar-refractivity contribution in [2.75, 3.05) is 43.8 Å². The van der Waals surface area contributed by atoms with Gasteiger partial charge in [-0.1, -0.05) is 22.6 Å². The van der Waals surface area contributed by atoms with E-state index < -0.39 is 0 Å². The predicted octanol–water partition coefficient (Wildman–Crippen LogP) is 2.02. The van der Waals surface area contributed by atoms with E-state index in [1.54, 1.807) is 0 Å². The molecule has 0 radical (unpaired) electrons. The SMILES string of the molecule is O=C(I)N1CCN(C2CCN(CI)CC2)CC1. The van der Waals surface area contributed by atoms with Gasteiger partial charge in [-0.2, -0.15) is 0 Å². The number of hydrogen-bond acceptors (Lipinski definition) is 3. The van der Waals surface area contributed by atoms with Crippen LogP contribution in [0.25, 0.3) is 0 Å². The molecular weight excluding hydrogens is 444 g/mol. The Bertz CT molecular complexity index is 261. The Morgan fingerprint density at radius 3 is 2.12 bits per heavy atom. The third-order valence-corrected chi connectivity index (χ3v) is 5.45. The number of likely N-dealkylation sites (tertiary alicyclic amines) is 1. The van der Waals surface area contributed by atoms with Crippen molar-refractivity contribution < 1.29 is 4.79 Å². The number of alkyl halides is 1. The number of piperazine rings is 1. The Kier molecular flexibility index (Phi) is 5.75. The first-order valence-corrected chi connectivity index (χ1v) is 8.78. The summed E-state index contributed by atoms with van der Waals surface area (Å²) in [7, 11) is 0. The van der Waals surface area contributed by atoms with Crippen molar-refractivity contribution in [3.8, 4) is 0 Å². The highest BCUT2D eigenvalue weighted by Crippen LogP contribution is 2.19. The lowest BCUT2D eigenvalue weighted by atomic mass is 10.0. The number of amides is 1. The van der Waals surface area contributed by atoms with Gasteiger partial charge in [-0.15, -0.1) is 0 Å². The van der Waals surface area contributed by atoms with Gasteiger partial charge in [-0.3, -0.25) is 14.6 Å². The van der Waals surface area contributed by atoms with Crippen molar-refractivity contribution in [2.24, 2.45) is 0 Å². The first kappa shape index (κ1) is 14.3. The van der Waals surface area contributed by atoms with E-state index in [1.165, 1.54) is 25.9 Å². The molecule has 0 spiro atoms. The van der Waals surface area contributed by atoms with Crippen LogP contribution in [0.15, 0.2) is 0 Å². The minimum absolute atomic E-state index is 0.196. The molecule has 1 amide bonds. The van der Waals surface area contributed by atoms with Crippen LogP contribution in [0.1, 0.15) is 12.8 Å². The highest BCUT2D eigenvalue weighted by molar-refractivity contribution is 14.1. The lowest BCUT2D eigenvalue weighted by Crippen LogP contribution is -2.53. The van der Waals surface area contributed by atoms with Gasteiger partial charge in [0.25, 0.3) is 3.91 Å². The maximum Gasteiger partial charge on any atom is 0.283 e. The molecule has 2 aliphatic rings. The number of nitrogens with zero attached hydrogens (tertiary/aromatic N) is 3. The molecule has 0 aromatic rings. The molecular formula is C11H19I2N3O. The smallest absolute Gasteiger partial charge is 0.283 e. The summed E-state index contributed by atoms with van der Waals surface area (Å²) in [5, 5.41) is 0. The maximum atomic E-state index is 11.3. The quantitative estimate of drug-likeness (QED) is 0.272. The molecule has 2 heterocycles. The predicted molar refractivity (Wildman–Crippen MR) is 86.0 cm³/mol. The second-order valence-corrected chi connectivity index (χ2v) is 6.35. The third-order valence-electron chi connectivity index (χ3n) is 3.81. The fourth-order valence-corrected chi connectivity index (χ4v) is 3.83. The average molecular weight is 463 g/mol. The molecule has 2 saturated heterocycles. The molecule has 0 aromatic carbocycles. The number of carbonyl (C=O) groups is 1. The van der Waals surface area contributed by atoms with E-state index in [9.17, 15) is 4.79 Å². The summed E-state index contributed by atoms with van der Waals surface area (Å²) in [6, 6.07) is 0.751. The number of rotatable bonds is 2. The molecule has 0 atom stereocenters. The zero-order chi connectivity index (χ0) is 12.3. The Labute approximate surface area is 130 Å². The van der Waals surface area contributed by atoms with E-state index in [2.05, 4.69) is 32.4 Å². The Balaban J connectivity index is 1.76. The molecule has 98 valence electrons. The lowest BCUT2D eigenvalue weighted by molar-refractivity contribution is 0.0795. The molecule has 2 aliphatic heterocycles. The number of halogens is 2. The van der Waals surface area contributed by atoms with Crippen molar-refractivity contribution in [1.82, 2.24) is 14.7 Å². The second-order valence-electron chi connectivity index (χ2n) is 4.74. The number of hydrogen-bond donors (Lipinski definition) is 0. The topological polar surface area (TPSA) is 26.8 Å². The standard InChI is InChI=1S/C11H19I2N3O/c12-9-14-3-1-10(2-4-14)15-5-7-16(8-6-15)11(13)17/h10H,1-9H2. The largest absolute Gasteiger partial charge is 0.332 e. The molecule has 4 nitrogen and oxygen atoms in total. The molecule has 0 unspecified atom stereocenters. The summed E-state index contributed by atoms with van der Waals surface area (Å²) in [6.07, 6.45) is 2.59. The van der Waals surface area contributed by atoms with Crippen LogP contribution in [0, 0.1) is 0 Å². The van der Waals surface area contributed by atoms with Crippen LogP contribution in [-0.4, -0.2) is 68.5 Å². The van der Waals surface area contributed by atoms with Gasteiger partial charge < -0.3 is 4.90 Å². The third kappa shape index (κ3) is 3.90. The normalized spacial score (nSPS) is 25.2. The molecule has 0 saturated carbocycles. The summed E-state index contributed by atoms with van der Waals surface area (Å²) in [4.78, 5) is 18.3. The molecule has 0 N–H and O–H groups in total. The second kappa shape index (κ2) is 6.85. The minimum atomic E-state index is 0.196. The molecule has 2 rings (SSSR count). The van der Waals surface area contributed by atoms with Crippen molar-refractivity contribution >= 4 is 49.1 Å². The maximum absolute atomic E-state index is 11.3. The zero-order valence-corrected chi connectivity index (χ0v) is 14.3. The first-order valence-electron chi connectivity index (χ1n) is 6.17. The fourth-order valence-electron chi connectivity index (χ4n) is 2.67. The van der Waals surface area contributed by atoms with Gasteiger partial charge >= 0.3 is 0 Å². The first-order chi connectivity index (χ1) is 8.20. The van der Waals surface area contributed by atoms with Crippen molar-refractivity contribution in [2.45, 2.75) is 18.9 Å². The summed E-state index contributed by atoms with van der Waals surface area (Å²) in [6.45, 7) is 6.41. The lowest BCUT2D eigenvalue weighted by Gasteiger charge is -2.42. The van der Waals surface area contributed by atoms with Crippen molar-refractivity contribution in [3.63, 3.8) is 0 Å². The van der Waals surface area contributed by atoms with E-state index in [1.807, 2.05) is 27.5 Å². The van der Waals surface area contributed by atoms with Crippen LogP contribution in [-0.2, 0) is 0 Å². The van der Waals surface area contributed by atoms with Gasteiger partial charge in [0.15, 0.2) is 0 Å². The Hall–Kier alpha value is 0.850. The highest BCUT2D eigenvalue weighted by atomic mass is 127. The van der Waals surface area contributed by atoms with Gasteiger partial charge in [0.05, 0.1) is 4.55 Å². The fraction of sp³-hybridized carbons (Fsp3) is 0.909. The molecule has 0 aliphatic carbocycles. The number of piperidine rings is 1. The summed E-state index contributed by atoms with van der Waals surface area (Å²) < 4.78 is 1.35. The van der Waals surface area contributed by atoms with Crippen LogP contribution >= 0.6 is 45.2 Å². The Morgan fingerprint density at radius 1 is 1.06 bits per heavy atom. The molecule has 0 bridgehead atoms. The van der Waals surface area contributed by atoms with Gasteiger partial charge in [-0.05, 0) is 12.8 Å². The zero-order valence-electron chi connectivity index (χ0n) is 9.95. The van der Waals surface area contributed by atoms with Gasteiger partial charge in [-0.25, -0.2) is 0 Å². The van der Waals surface area contributed by atoms with E-state index in [4.69, 9.17) is 0 Å². The molecule has 2 fully saturated rings.